The SMILES string of the molecule is CCOc1ncccc1NC1CC(c2ccc(Br)cc2)C1. The van der Waals surface area contributed by atoms with Gasteiger partial charge < -0.3 is 10.1 Å². The molecule has 0 aliphatic heterocycles. The minimum absolute atomic E-state index is 0.502. The fraction of sp³-hybridized carbons (Fsp3) is 0.353. The van der Waals surface area contributed by atoms with E-state index in [-0.39, 0.29) is 0 Å². The number of hydrogen-bond donors (Lipinski definition) is 1. The molecule has 1 aliphatic carbocycles. The highest BCUT2D eigenvalue weighted by Crippen LogP contribution is 2.39. The van der Waals surface area contributed by atoms with Crippen molar-refractivity contribution in [2.45, 2.75) is 31.7 Å². The largest absolute Gasteiger partial charge is 0.476 e. The fourth-order valence-electron chi connectivity index (χ4n) is 2.72. The lowest BCUT2D eigenvalue weighted by molar-refractivity contribution is 0.325. The molecule has 1 aliphatic rings. The molecule has 1 N–H and O–H groups in total. The molecule has 0 bridgehead atoms. The normalized spacial score (nSPS) is 20.7. The van der Waals surface area contributed by atoms with E-state index in [1.807, 2.05) is 19.1 Å². The number of aromatic nitrogens is 1. The third-order valence-corrected chi connectivity index (χ3v) is 4.42. The second-order valence-corrected chi connectivity index (χ2v) is 6.27. The molecular weight excluding hydrogens is 328 g/mol. The van der Waals surface area contributed by atoms with E-state index in [0.29, 0.717) is 24.4 Å². The Kier molecular flexibility index (Phi) is 4.44. The third kappa shape index (κ3) is 3.38. The molecule has 1 aromatic carbocycles. The number of nitrogens with zero attached hydrogens (tertiary/aromatic N) is 1. The second kappa shape index (κ2) is 6.48. The van der Waals surface area contributed by atoms with Gasteiger partial charge in [0.05, 0.1) is 12.3 Å². The van der Waals surface area contributed by atoms with Crippen LogP contribution in [0.15, 0.2) is 47.1 Å². The van der Waals surface area contributed by atoms with Crippen LogP contribution < -0.4 is 10.1 Å². The first-order chi connectivity index (χ1) is 10.3. The standard InChI is InChI=1S/C17H19BrN2O/c1-2-21-17-16(4-3-9-19-17)20-15-10-13(11-15)12-5-7-14(18)8-6-12/h3-9,13,15,20H,2,10-11H2,1H3. The smallest absolute Gasteiger partial charge is 0.237 e. The molecule has 4 heteroatoms. The van der Waals surface area contributed by atoms with Crippen LogP contribution in [0.2, 0.25) is 0 Å². The van der Waals surface area contributed by atoms with E-state index >= 15 is 0 Å². The summed E-state index contributed by atoms with van der Waals surface area (Å²) in [5.74, 6) is 1.36. The first-order valence-electron chi connectivity index (χ1n) is 7.36. The molecule has 1 aromatic heterocycles. The summed E-state index contributed by atoms with van der Waals surface area (Å²) in [5, 5.41) is 3.55. The van der Waals surface area contributed by atoms with Crippen LogP contribution in [0, 0.1) is 0 Å². The Bertz CT molecular complexity index is 594. The molecule has 2 aromatic rings. The van der Waals surface area contributed by atoms with E-state index in [1.54, 1.807) is 6.20 Å². The van der Waals surface area contributed by atoms with Gasteiger partial charge in [-0.05, 0) is 55.5 Å². The maximum absolute atomic E-state index is 5.55. The van der Waals surface area contributed by atoms with Crippen molar-refractivity contribution >= 4 is 21.6 Å². The molecule has 0 radical (unpaired) electrons. The lowest BCUT2D eigenvalue weighted by Gasteiger charge is -2.37. The zero-order chi connectivity index (χ0) is 14.7. The number of anilines is 1. The Morgan fingerprint density at radius 3 is 2.71 bits per heavy atom. The van der Waals surface area contributed by atoms with Crippen LogP contribution in [0.25, 0.3) is 0 Å². The Balaban J connectivity index is 1.58. The van der Waals surface area contributed by atoms with Gasteiger partial charge in [0.15, 0.2) is 0 Å². The number of halogens is 1. The van der Waals surface area contributed by atoms with Gasteiger partial charge in [0, 0.05) is 16.7 Å². The van der Waals surface area contributed by atoms with Crippen molar-refractivity contribution in [1.82, 2.24) is 4.98 Å². The Morgan fingerprint density at radius 1 is 1.24 bits per heavy atom. The molecule has 0 saturated heterocycles. The quantitative estimate of drug-likeness (QED) is 0.858. The summed E-state index contributed by atoms with van der Waals surface area (Å²) in [6.07, 6.45) is 4.08. The maximum Gasteiger partial charge on any atom is 0.237 e. The predicted molar refractivity (Wildman–Crippen MR) is 88.9 cm³/mol. The maximum atomic E-state index is 5.55. The van der Waals surface area contributed by atoms with E-state index in [0.717, 1.165) is 23.0 Å². The summed E-state index contributed by atoms with van der Waals surface area (Å²) < 4.78 is 6.69. The van der Waals surface area contributed by atoms with Crippen molar-refractivity contribution in [2.24, 2.45) is 0 Å². The number of nitrogens with one attached hydrogen (secondary N) is 1. The molecule has 1 fully saturated rings. The van der Waals surface area contributed by atoms with Gasteiger partial charge >= 0.3 is 0 Å². The summed E-state index contributed by atoms with van der Waals surface area (Å²) in [7, 11) is 0. The Hall–Kier alpha value is -1.55. The van der Waals surface area contributed by atoms with Crippen LogP contribution in [0.5, 0.6) is 5.88 Å². The Labute approximate surface area is 133 Å². The number of rotatable bonds is 5. The summed E-state index contributed by atoms with van der Waals surface area (Å²) >= 11 is 3.48. The van der Waals surface area contributed by atoms with E-state index in [4.69, 9.17) is 4.74 Å². The zero-order valence-corrected chi connectivity index (χ0v) is 13.6. The molecule has 1 heterocycles. The van der Waals surface area contributed by atoms with Gasteiger partial charge in [-0.25, -0.2) is 4.98 Å². The van der Waals surface area contributed by atoms with Crippen LogP contribution in [-0.2, 0) is 0 Å². The number of pyridine rings is 1. The minimum Gasteiger partial charge on any atom is -0.476 e. The summed E-state index contributed by atoms with van der Waals surface area (Å²) in [6, 6.07) is 13.1. The number of hydrogen-bond acceptors (Lipinski definition) is 3. The lowest BCUT2D eigenvalue weighted by atomic mass is 9.76. The predicted octanol–water partition coefficient (Wildman–Crippen LogP) is 4.60. The number of benzene rings is 1. The third-order valence-electron chi connectivity index (χ3n) is 3.89. The Morgan fingerprint density at radius 2 is 2.00 bits per heavy atom. The van der Waals surface area contributed by atoms with Gasteiger partial charge in [0.1, 0.15) is 0 Å². The first-order valence-corrected chi connectivity index (χ1v) is 8.15. The molecular formula is C17H19BrN2O. The van der Waals surface area contributed by atoms with Crippen molar-refractivity contribution in [2.75, 3.05) is 11.9 Å². The van der Waals surface area contributed by atoms with Crippen LogP contribution in [0.3, 0.4) is 0 Å². The van der Waals surface area contributed by atoms with Crippen LogP contribution >= 0.6 is 15.9 Å². The van der Waals surface area contributed by atoms with Crippen molar-refractivity contribution in [1.29, 1.82) is 0 Å². The molecule has 0 atom stereocenters. The molecule has 0 unspecified atom stereocenters. The average Bonchev–Trinajstić information content (AvgIpc) is 2.46. The van der Waals surface area contributed by atoms with Gasteiger partial charge in [-0.1, -0.05) is 28.1 Å². The first kappa shape index (κ1) is 14.4. The van der Waals surface area contributed by atoms with Gasteiger partial charge in [0.25, 0.3) is 0 Å². The molecule has 0 amide bonds. The van der Waals surface area contributed by atoms with Crippen LogP contribution in [0.1, 0.15) is 31.2 Å². The van der Waals surface area contributed by atoms with Gasteiger partial charge in [0.2, 0.25) is 5.88 Å². The summed E-state index contributed by atoms with van der Waals surface area (Å²) in [6.45, 7) is 2.61. The van der Waals surface area contributed by atoms with E-state index in [2.05, 4.69) is 50.5 Å². The molecule has 3 rings (SSSR count). The van der Waals surface area contributed by atoms with Gasteiger partial charge in [-0.15, -0.1) is 0 Å². The van der Waals surface area contributed by atoms with Gasteiger partial charge in [-0.2, -0.15) is 0 Å². The highest BCUT2D eigenvalue weighted by atomic mass is 79.9. The van der Waals surface area contributed by atoms with Crippen molar-refractivity contribution in [3.05, 3.63) is 52.6 Å². The van der Waals surface area contributed by atoms with Crippen LogP contribution in [-0.4, -0.2) is 17.6 Å². The fourth-order valence-corrected chi connectivity index (χ4v) is 2.98. The summed E-state index contributed by atoms with van der Waals surface area (Å²) in [4.78, 5) is 4.28. The van der Waals surface area contributed by atoms with Gasteiger partial charge in [-0.3, -0.25) is 0 Å². The van der Waals surface area contributed by atoms with Crippen molar-refractivity contribution in [3.63, 3.8) is 0 Å². The van der Waals surface area contributed by atoms with Crippen molar-refractivity contribution in [3.8, 4) is 5.88 Å². The average molecular weight is 347 g/mol. The zero-order valence-electron chi connectivity index (χ0n) is 12.1. The molecule has 1 saturated carbocycles. The molecule has 0 spiro atoms. The molecule has 110 valence electrons. The van der Waals surface area contributed by atoms with E-state index < -0.39 is 0 Å². The van der Waals surface area contributed by atoms with Crippen LogP contribution in [0.4, 0.5) is 5.69 Å². The topological polar surface area (TPSA) is 34.1 Å². The van der Waals surface area contributed by atoms with Crippen molar-refractivity contribution < 1.29 is 4.74 Å². The second-order valence-electron chi connectivity index (χ2n) is 5.35. The van der Waals surface area contributed by atoms with E-state index in [9.17, 15) is 0 Å². The monoisotopic (exact) mass is 346 g/mol. The minimum atomic E-state index is 0.502. The molecule has 21 heavy (non-hydrogen) atoms. The number of ether oxygens (including phenoxy) is 1. The highest BCUT2D eigenvalue weighted by molar-refractivity contribution is 9.10. The lowest BCUT2D eigenvalue weighted by Crippen LogP contribution is -2.34. The summed E-state index contributed by atoms with van der Waals surface area (Å²) in [5.41, 5.74) is 2.42. The highest BCUT2D eigenvalue weighted by Gasteiger charge is 2.30. The molecule has 3 nitrogen and oxygen atoms in total. The van der Waals surface area contributed by atoms with E-state index in [1.165, 1.54) is 5.56 Å².